The molecule has 0 saturated heterocycles. The van der Waals surface area contributed by atoms with Crippen molar-refractivity contribution in [2.75, 3.05) is 6.61 Å². The highest BCUT2D eigenvalue weighted by atomic mass is 16.7. The van der Waals surface area contributed by atoms with E-state index in [0.717, 1.165) is 11.1 Å². The minimum Gasteiger partial charge on any atom is -0.345 e. The molecule has 0 bridgehead atoms. The number of rotatable bonds is 7. The van der Waals surface area contributed by atoms with Gasteiger partial charge in [0.1, 0.15) is 6.61 Å². The normalized spacial score (nSPS) is 10.8. The Morgan fingerprint density at radius 2 is 1.16 bits per heavy atom. The molecule has 0 aliphatic rings. The van der Waals surface area contributed by atoms with Crippen LogP contribution < -0.4 is 0 Å². The summed E-state index contributed by atoms with van der Waals surface area (Å²) in [7, 11) is 0. The average Bonchev–Trinajstić information content (AvgIpc) is 2.49. The molecule has 99 valence electrons. The fourth-order valence-corrected chi connectivity index (χ4v) is 1.67. The van der Waals surface area contributed by atoms with E-state index in [4.69, 9.17) is 9.47 Å². The Morgan fingerprint density at radius 1 is 0.737 bits per heavy atom. The molecule has 0 N–H and O–H groups in total. The van der Waals surface area contributed by atoms with Crippen molar-refractivity contribution in [3.63, 3.8) is 0 Å². The van der Waals surface area contributed by atoms with Crippen molar-refractivity contribution in [3.05, 3.63) is 71.8 Å². The second-order valence-corrected chi connectivity index (χ2v) is 4.19. The lowest BCUT2D eigenvalue weighted by molar-refractivity contribution is -0.184. The van der Waals surface area contributed by atoms with Crippen molar-refractivity contribution in [2.24, 2.45) is 0 Å². The van der Waals surface area contributed by atoms with Crippen molar-refractivity contribution >= 4 is 0 Å². The van der Waals surface area contributed by atoms with Gasteiger partial charge in [0.15, 0.2) is 6.29 Å². The van der Waals surface area contributed by atoms with Gasteiger partial charge in [0.25, 0.3) is 0 Å². The van der Waals surface area contributed by atoms with E-state index in [1.807, 2.05) is 60.7 Å². The van der Waals surface area contributed by atoms with Crippen LogP contribution in [0.25, 0.3) is 0 Å². The van der Waals surface area contributed by atoms with Crippen molar-refractivity contribution in [1.82, 2.24) is 0 Å². The number of hydrogen-bond acceptors (Lipinski definition) is 2. The summed E-state index contributed by atoms with van der Waals surface area (Å²) in [4.78, 5) is 0. The van der Waals surface area contributed by atoms with Gasteiger partial charge in [0.05, 0.1) is 13.2 Å². The maximum atomic E-state index is 11.0. The molecule has 3 nitrogen and oxygen atoms in total. The molecule has 0 aliphatic heterocycles. The first kappa shape index (κ1) is 13.7. The van der Waals surface area contributed by atoms with Gasteiger partial charge in [-0.15, -0.1) is 0 Å². The quantitative estimate of drug-likeness (QED) is 0.714. The molecule has 0 amide bonds. The highest BCUT2D eigenvalue weighted by Crippen LogP contribution is 2.07. The Morgan fingerprint density at radius 3 is 1.53 bits per heavy atom. The topological polar surface area (TPSA) is 38.4 Å². The highest BCUT2D eigenvalue weighted by molar-refractivity contribution is 5.14. The fourth-order valence-electron chi connectivity index (χ4n) is 1.67. The standard InChI is InChI=1S/C16H17O3/c17-11-16(18-12-14-7-3-1-4-8-14)19-13-15-9-5-2-6-10-15/h1-10,16H,11-13H2. The van der Waals surface area contributed by atoms with E-state index in [1.165, 1.54) is 0 Å². The van der Waals surface area contributed by atoms with Crippen LogP contribution in [0, 0.1) is 0 Å². The van der Waals surface area contributed by atoms with Crippen LogP contribution in [-0.4, -0.2) is 12.9 Å². The van der Waals surface area contributed by atoms with Gasteiger partial charge in [0.2, 0.25) is 0 Å². The summed E-state index contributed by atoms with van der Waals surface area (Å²) in [6, 6.07) is 19.5. The number of ether oxygens (including phenoxy) is 2. The fraction of sp³-hybridized carbons (Fsp3) is 0.250. The Bertz CT molecular complexity index is 412. The summed E-state index contributed by atoms with van der Waals surface area (Å²) < 4.78 is 10.9. The Balaban J connectivity index is 1.77. The molecule has 2 aromatic carbocycles. The molecule has 2 rings (SSSR count). The second kappa shape index (κ2) is 7.69. The van der Waals surface area contributed by atoms with Crippen molar-refractivity contribution in [3.8, 4) is 0 Å². The van der Waals surface area contributed by atoms with Crippen molar-refractivity contribution < 1.29 is 14.6 Å². The monoisotopic (exact) mass is 257 g/mol. The van der Waals surface area contributed by atoms with Crippen LogP contribution in [0.2, 0.25) is 0 Å². The smallest absolute Gasteiger partial charge is 0.184 e. The van der Waals surface area contributed by atoms with Crippen LogP contribution in [0.15, 0.2) is 60.7 Å². The molecular formula is C16H17O3. The van der Waals surface area contributed by atoms with E-state index < -0.39 is 12.9 Å². The second-order valence-electron chi connectivity index (χ2n) is 4.19. The summed E-state index contributed by atoms with van der Waals surface area (Å²) in [5, 5.41) is 11.0. The molecule has 3 heteroatoms. The number of hydrogen-bond donors (Lipinski definition) is 0. The van der Waals surface area contributed by atoms with Gasteiger partial charge >= 0.3 is 0 Å². The zero-order valence-corrected chi connectivity index (χ0v) is 10.7. The third kappa shape index (κ3) is 4.83. The Labute approximate surface area is 113 Å². The maximum Gasteiger partial charge on any atom is 0.184 e. The molecule has 0 heterocycles. The summed E-state index contributed by atoms with van der Waals surface area (Å²) in [6.45, 7) is 0.380. The van der Waals surface area contributed by atoms with E-state index in [9.17, 15) is 5.11 Å². The first-order valence-electron chi connectivity index (χ1n) is 6.27. The largest absolute Gasteiger partial charge is 0.345 e. The molecule has 0 unspecified atom stereocenters. The third-order valence-electron chi connectivity index (χ3n) is 2.69. The van der Waals surface area contributed by atoms with E-state index in [2.05, 4.69) is 0 Å². The van der Waals surface area contributed by atoms with Gasteiger partial charge in [-0.05, 0) is 11.1 Å². The van der Waals surface area contributed by atoms with Crippen LogP contribution in [0.3, 0.4) is 0 Å². The molecule has 19 heavy (non-hydrogen) atoms. The Kier molecular flexibility index (Phi) is 5.56. The van der Waals surface area contributed by atoms with Gasteiger partial charge in [-0.3, -0.25) is 0 Å². The van der Waals surface area contributed by atoms with Crippen LogP contribution in [0.5, 0.6) is 0 Å². The van der Waals surface area contributed by atoms with E-state index in [0.29, 0.717) is 13.2 Å². The van der Waals surface area contributed by atoms with Gasteiger partial charge in [-0.25, -0.2) is 5.11 Å². The first-order chi connectivity index (χ1) is 9.38. The van der Waals surface area contributed by atoms with Gasteiger partial charge < -0.3 is 9.47 Å². The van der Waals surface area contributed by atoms with Gasteiger partial charge in [-0.1, -0.05) is 60.7 Å². The molecule has 2 aromatic rings. The zero-order chi connectivity index (χ0) is 13.3. The lowest BCUT2D eigenvalue weighted by Gasteiger charge is -2.15. The van der Waals surface area contributed by atoms with E-state index >= 15 is 0 Å². The Hall–Kier alpha value is -1.68. The average molecular weight is 257 g/mol. The minimum absolute atomic E-state index is 0.391. The summed E-state index contributed by atoms with van der Waals surface area (Å²) in [6.07, 6.45) is -0.708. The van der Waals surface area contributed by atoms with Crippen molar-refractivity contribution in [2.45, 2.75) is 19.5 Å². The SMILES string of the molecule is [O]CC(OCc1ccccc1)OCc1ccccc1. The summed E-state index contributed by atoms with van der Waals surface area (Å²) in [5.41, 5.74) is 2.06. The summed E-state index contributed by atoms with van der Waals surface area (Å²) >= 11 is 0. The van der Waals surface area contributed by atoms with Crippen LogP contribution in [0.1, 0.15) is 11.1 Å². The maximum absolute atomic E-state index is 11.0. The lowest BCUT2D eigenvalue weighted by Crippen LogP contribution is -2.20. The molecule has 0 atom stereocenters. The van der Waals surface area contributed by atoms with E-state index in [-0.39, 0.29) is 0 Å². The molecule has 0 spiro atoms. The third-order valence-corrected chi connectivity index (χ3v) is 2.69. The highest BCUT2D eigenvalue weighted by Gasteiger charge is 2.09. The molecule has 0 aliphatic carbocycles. The van der Waals surface area contributed by atoms with E-state index in [1.54, 1.807) is 0 Å². The zero-order valence-electron chi connectivity index (χ0n) is 10.7. The molecule has 0 aromatic heterocycles. The lowest BCUT2D eigenvalue weighted by atomic mass is 10.2. The van der Waals surface area contributed by atoms with Crippen LogP contribution in [-0.2, 0) is 27.8 Å². The molecule has 0 fully saturated rings. The van der Waals surface area contributed by atoms with Crippen LogP contribution in [0.4, 0.5) is 0 Å². The van der Waals surface area contributed by atoms with Crippen molar-refractivity contribution in [1.29, 1.82) is 0 Å². The first-order valence-corrected chi connectivity index (χ1v) is 6.27. The van der Waals surface area contributed by atoms with Crippen LogP contribution >= 0.6 is 0 Å². The minimum atomic E-state index is -0.708. The molecular weight excluding hydrogens is 240 g/mol. The summed E-state index contributed by atoms with van der Waals surface area (Å²) in [5.74, 6) is 0. The van der Waals surface area contributed by atoms with Gasteiger partial charge in [0, 0.05) is 0 Å². The predicted octanol–water partition coefficient (Wildman–Crippen LogP) is 3.18. The number of benzene rings is 2. The van der Waals surface area contributed by atoms with Gasteiger partial charge in [-0.2, -0.15) is 0 Å². The molecule has 1 radical (unpaired) electrons. The molecule has 0 saturated carbocycles. The predicted molar refractivity (Wildman–Crippen MR) is 71.8 cm³/mol.